The average Bonchev–Trinajstić information content (AvgIpc) is 2.94. The second-order valence-corrected chi connectivity index (χ2v) is 10.1. The number of methoxy groups -OCH3 is 1. The van der Waals surface area contributed by atoms with Gasteiger partial charge >= 0.3 is 0 Å². The van der Waals surface area contributed by atoms with E-state index in [9.17, 15) is 9.59 Å². The summed E-state index contributed by atoms with van der Waals surface area (Å²) >= 11 is 0. The molecule has 0 unspecified atom stereocenters. The summed E-state index contributed by atoms with van der Waals surface area (Å²) < 4.78 is 5.25. The summed E-state index contributed by atoms with van der Waals surface area (Å²) in [5, 5.41) is 0. The molecule has 9 heteroatoms. The van der Waals surface area contributed by atoms with Gasteiger partial charge in [-0.05, 0) is 55.3 Å². The Morgan fingerprint density at radius 2 is 1.63 bits per heavy atom. The molecule has 0 saturated carbocycles. The zero-order valence-electron chi connectivity index (χ0n) is 22.4. The molecule has 2 aliphatic rings. The zero-order valence-corrected chi connectivity index (χ0v) is 22.4. The minimum atomic E-state index is -0.145. The quantitative estimate of drug-likeness (QED) is 0.539. The number of ether oxygens (including phenoxy) is 1. The Labute approximate surface area is 223 Å². The molecule has 1 N–H and O–H groups in total. The third-order valence-electron chi connectivity index (χ3n) is 7.58. The maximum Gasteiger partial charge on any atom is 0.254 e. The molecule has 3 aromatic rings. The van der Waals surface area contributed by atoms with Gasteiger partial charge < -0.3 is 19.4 Å². The molecule has 2 saturated heterocycles. The molecular weight excluding hydrogens is 480 g/mol. The van der Waals surface area contributed by atoms with Crippen LogP contribution in [-0.4, -0.2) is 85.1 Å². The van der Waals surface area contributed by atoms with Gasteiger partial charge in [0, 0.05) is 76.2 Å². The standard InChI is InChI=1S/C29H36N6O3/c1-21-7-8-25(17-22(21)2)33-11-9-32(10-12-33)20-24-19-27(36)31-29(30-24)35-15-13-34(14-16-35)28(37)23-5-4-6-26(18-23)38-3/h4-8,17-19H,9-16,20H2,1-3H3,(H,30,31,36). The summed E-state index contributed by atoms with van der Waals surface area (Å²) in [6.07, 6.45) is 0. The summed E-state index contributed by atoms with van der Waals surface area (Å²) in [6.45, 7) is 11.0. The first-order valence-corrected chi connectivity index (χ1v) is 13.2. The Balaban J connectivity index is 1.17. The van der Waals surface area contributed by atoms with E-state index in [0.717, 1.165) is 31.9 Å². The molecule has 5 rings (SSSR count). The van der Waals surface area contributed by atoms with Crippen LogP contribution in [0.5, 0.6) is 5.75 Å². The highest BCUT2D eigenvalue weighted by Crippen LogP contribution is 2.21. The number of H-pyrrole nitrogens is 1. The van der Waals surface area contributed by atoms with E-state index >= 15 is 0 Å². The molecule has 2 fully saturated rings. The van der Waals surface area contributed by atoms with Crippen molar-refractivity contribution in [1.82, 2.24) is 19.8 Å². The Kier molecular flexibility index (Phi) is 7.64. The number of hydrogen-bond acceptors (Lipinski definition) is 7. The molecule has 0 radical (unpaired) electrons. The lowest BCUT2D eigenvalue weighted by molar-refractivity contribution is 0.0746. The third-order valence-corrected chi connectivity index (χ3v) is 7.58. The van der Waals surface area contributed by atoms with Gasteiger partial charge in [0.25, 0.3) is 11.5 Å². The van der Waals surface area contributed by atoms with Crippen molar-refractivity contribution in [2.24, 2.45) is 0 Å². The van der Waals surface area contributed by atoms with E-state index in [1.165, 1.54) is 16.8 Å². The highest BCUT2D eigenvalue weighted by atomic mass is 16.5. The fraction of sp³-hybridized carbons (Fsp3) is 0.414. The SMILES string of the molecule is COc1cccc(C(=O)N2CCN(c3nc(CN4CCN(c5ccc(C)c(C)c5)CC4)cc(=O)[nH]3)CC2)c1. The number of carbonyl (C=O) groups excluding carboxylic acids is 1. The minimum Gasteiger partial charge on any atom is -0.497 e. The van der Waals surface area contributed by atoms with Crippen molar-refractivity contribution in [2.75, 3.05) is 69.3 Å². The van der Waals surface area contributed by atoms with E-state index < -0.39 is 0 Å². The Bertz CT molecular complexity index is 1340. The lowest BCUT2D eigenvalue weighted by Gasteiger charge is -2.36. The molecule has 3 heterocycles. The highest BCUT2D eigenvalue weighted by molar-refractivity contribution is 5.94. The van der Waals surface area contributed by atoms with Crippen molar-refractivity contribution in [3.8, 4) is 5.75 Å². The average molecular weight is 517 g/mol. The number of aryl methyl sites for hydroxylation is 2. The summed E-state index contributed by atoms with van der Waals surface area (Å²) in [5.74, 6) is 1.23. The lowest BCUT2D eigenvalue weighted by Crippen LogP contribution is -2.49. The second kappa shape index (κ2) is 11.3. The van der Waals surface area contributed by atoms with Gasteiger partial charge in [-0.25, -0.2) is 4.98 Å². The second-order valence-electron chi connectivity index (χ2n) is 10.1. The van der Waals surface area contributed by atoms with Crippen LogP contribution in [0.3, 0.4) is 0 Å². The van der Waals surface area contributed by atoms with Gasteiger partial charge in [0.15, 0.2) is 0 Å². The number of hydrogen-bond donors (Lipinski definition) is 1. The van der Waals surface area contributed by atoms with Gasteiger partial charge in [-0.15, -0.1) is 0 Å². The highest BCUT2D eigenvalue weighted by Gasteiger charge is 2.24. The number of carbonyl (C=O) groups is 1. The van der Waals surface area contributed by atoms with Crippen molar-refractivity contribution >= 4 is 17.5 Å². The Morgan fingerprint density at radius 3 is 2.34 bits per heavy atom. The molecule has 1 amide bonds. The van der Waals surface area contributed by atoms with Crippen molar-refractivity contribution in [3.63, 3.8) is 0 Å². The first kappa shape index (κ1) is 25.8. The number of nitrogens with zero attached hydrogens (tertiary/aromatic N) is 5. The number of piperazine rings is 2. The Morgan fingerprint density at radius 1 is 0.895 bits per heavy atom. The van der Waals surface area contributed by atoms with Crippen LogP contribution in [0.4, 0.5) is 11.6 Å². The van der Waals surface area contributed by atoms with Crippen LogP contribution in [0, 0.1) is 13.8 Å². The topological polar surface area (TPSA) is 85.0 Å². The number of rotatable bonds is 6. The monoisotopic (exact) mass is 516 g/mol. The van der Waals surface area contributed by atoms with Crippen LogP contribution in [0.15, 0.2) is 53.3 Å². The molecule has 0 bridgehead atoms. The van der Waals surface area contributed by atoms with Crippen LogP contribution in [0.2, 0.25) is 0 Å². The summed E-state index contributed by atoms with van der Waals surface area (Å²) in [6, 6.07) is 15.5. The van der Waals surface area contributed by atoms with Crippen LogP contribution in [0.1, 0.15) is 27.2 Å². The van der Waals surface area contributed by atoms with E-state index in [2.05, 4.69) is 51.7 Å². The predicted molar refractivity (Wildman–Crippen MR) is 149 cm³/mol. The molecule has 9 nitrogen and oxygen atoms in total. The number of benzene rings is 2. The molecule has 0 spiro atoms. The number of anilines is 2. The van der Waals surface area contributed by atoms with E-state index in [1.807, 2.05) is 17.0 Å². The first-order valence-electron chi connectivity index (χ1n) is 13.2. The van der Waals surface area contributed by atoms with Crippen LogP contribution >= 0.6 is 0 Å². The van der Waals surface area contributed by atoms with Gasteiger partial charge in [-0.1, -0.05) is 12.1 Å². The molecule has 0 aliphatic carbocycles. The van der Waals surface area contributed by atoms with Gasteiger partial charge in [0.05, 0.1) is 12.8 Å². The number of aromatic nitrogens is 2. The van der Waals surface area contributed by atoms with Crippen molar-refractivity contribution in [1.29, 1.82) is 0 Å². The summed E-state index contributed by atoms with van der Waals surface area (Å²) in [7, 11) is 1.59. The molecule has 2 aliphatic heterocycles. The third kappa shape index (κ3) is 5.83. The molecular formula is C29H36N6O3. The van der Waals surface area contributed by atoms with E-state index in [1.54, 1.807) is 25.3 Å². The molecule has 1 aromatic heterocycles. The fourth-order valence-corrected chi connectivity index (χ4v) is 5.10. The smallest absolute Gasteiger partial charge is 0.254 e. The number of amides is 1. The van der Waals surface area contributed by atoms with Gasteiger partial charge in [-0.3, -0.25) is 19.5 Å². The normalized spacial score (nSPS) is 16.6. The van der Waals surface area contributed by atoms with E-state index in [-0.39, 0.29) is 11.5 Å². The molecule has 0 atom stereocenters. The van der Waals surface area contributed by atoms with Crippen LogP contribution in [-0.2, 0) is 6.54 Å². The zero-order chi connectivity index (χ0) is 26.6. The maximum absolute atomic E-state index is 13.0. The number of nitrogens with one attached hydrogen (secondary N) is 1. The molecule has 200 valence electrons. The maximum atomic E-state index is 13.0. The van der Waals surface area contributed by atoms with Crippen molar-refractivity contribution in [2.45, 2.75) is 20.4 Å². The van der Waals surface area contributed by atoms with Crippen LogP contribution < -0.4 is 20.1 Å². The minimum absolute atomic E-state index is 0.0151. The van der Waals surface area contributed by atoms with Crippen molar-refractivity contribution < 1.29 is 9.53 Å². The van der Waals surface area contributed by atoms with Crippen LogP contribution in [0.25, 0.3) is 0 Å². The number of aromatic amines is 1. The summed E-state index contributed by atoms with van der Waals surface area (Å²) in [4.78, 5) is 41.8. The lowest BCUT2D eigenvalue weighted by atomic mass is 10.1. The first-order chi connectivity index (χ1) is 18.4. The fourth-order valence-electron chi connectivity index (χ4n) is 5.10. The van der Waals surface area contributed by atoms with E-state index in [0.29, 0.717) is 50.0 Å². The van der Waals surface area contributed by atoms with E-state index in [4.69, 9.17) is 9.72 Å². The Hall–Kier alpha value is -3.85. The van der Waals surface area contributed by atoms with Gasteiger partial charge in [0.1, 0.15) is 5.75 Å². The van der Waals surface area contributed by atoms with Crippen molar-refractivity contribution in [3.05, 3.63) is 81.3 Å². The summed E-state index contributed by atoms with van der Waals surface area (Å²) in [5.41, 5.74) is 5.15. The predicted octanol–water partition coefficient (Wildman–Crippen LogP) is 2.68. The largest absolute Gasteiger partial charge is 0.497 e. The van der Waals surface area contributed by atoms with Gasteiger partial charge in [-0.2, -0.15) is 0 Å². The van der Waals surface area contributed by atoms with Gasteiger partial charge in [0.2, 0.25) is 5.95 Å². The molecule has 38 heavy (non-hydrogen) atoms. The molecule has 2 aromatic carbocycles.